The Morgan fingerprint density at radius 2 is 1.94 bits per heavy atom. The van der Waals surface area contributed by atoms with Gasteiger partial charge in [0.15, 0.2) is 12.4 Å². The number of rotatable bonds is 1. The van der Waals surface area contributed by atoms with Crippen molar-refractivity contribution >= 4 is 0 Å². The van der Waals surface area contributed by atoms with Crippen LogP contribution in [0.25, 0.3) is 5.69 Å². The van der Waals surface area contributed by atoms with E-state index in [0.29, 0.717) is 11.3 Å². The van der Waals surface area contributed by atoms with Crippen LogP contribution < -0.4 is 10.1 Å². The number of aromatic hydroxyl groups is 1. The van der Waals surface area contributed by atoms with E-state index in [2.05, 4.69) is 0 Å². The third kappa shape index (κ3) is 1.52. The maximum absolute atomic E-state index is 11.3. The normalized spacial score (nSPS) is 10.3. The molecule has 2 heterocycles. The molecule has 82 valence electrons. The molecule has 2 rings (SSSR count). The van der Waals surface area contributed by atoms with Crippen LogP contribution in [0.2, 0.25) is 0 Å². The first kappa shape index (κ1) is 10.2. The monoisotopic (exact) mass is 218 g/mol. The summed E-state index contributed by atoms with van der Waals surface area (Å²) in [7, 11) is 0. The van der Waals surface area contributed by atoms with Crippen LogP contribution in [0.4, 0.5) is 0 Å². The molecule has 0 fully saturated rings. The molecule has 0 bridgehead atoms. The fourth-order valence-corrected chi connectivity index (χ4v) is 1.56. The second-order valence-electron chi connectivity index (χ2n) is 3.41. The summed E-state index contributed by atoms with van der Waals surface area (Å²) < 4.78 is 1.56. The maximum Gasteiger partial charge on any atom is 0.274 e. The fourth-order valence-electron chi connectivity index (χ4n) is 1.56. The zero-order valence-corrected chi connectivity index (χ0v) is 8.62. The summed E-state index contributed by atoms with van der Waals surface area (Å²) in [6, 6.07) is 6.54. The lowest BCUT2D eigenvalue weighted by Gasteiger charge is -2.12. The molecule has 0 aromatic carbocycles. The topological polar surface area (TPSA) is 69.2 Å². The molecular weight excluding hydrogens is 208 g/mol. The van der Waals surface area contributed by atoms with Crippen LogP contribution in [0.15, 0.2) is 41.5 Å². The van der Waals surface area contributed by atoms with Crippen LogP contribution in [0, 0.1) is 12.1 Å². The fraction of sp³-hybridized carbons (Fsp3) is 0.0909. The average Bonchev–Trinajstić information content (AvgIpc) is 2.28. The Balaban J connectivity index is 2.76. The molecule has 0 atom stereocenters. The van der Waals surface area contributed by atoms with Gasteiger partial charge in [-0.3, -0.25) is 4.79 Å². The molecule has 0 spiro atoms. The number of nitrogens with zero attached hydrogens (tertiary/aromatic N) is 2. The van der Waals surface area contributed by atoms with Crippen molar-refractivity contribution in [2.45, 2.75) is 6.92 Å². The molecule has 5 heteroatoms. The quantitative estimate of drug-likeness (QED) is 0.708. The molecule has 0 saturated carbocycles. The maximum atomic E-state index is 11.3. The van der Waals surface area contributed by atoms with E-state index in [1.807, 2.05) is 6.07 Å². The summed E-state index contributed by atoms with van der Waals surface area (Å²) in [6.07, 6.45) is 3.37. The molecule has 2 aromatic rings. The lowest BCUT2D eigenvalue weighted by atomic mass is 10.2. The first-order valence-corrected chi connectivity index (χ1v) is 4.71. The Morgan fingerprint density at radius 1 is 1.31 bits per heavy atom. The highest BCUT2D eigenvalue weighted by Crippen LogP contribution is 2.17. The van der Waals surface area contributed by atoms with Gasteiger partial charge in [-0.25, -0.2) is 0 Å². The zero-order chi connectivity index (χ0) is 11.7. The van der Waals surface area contributed by atoms with Gasteiger partial charge in [-0.1, -0.05) is 6.07 Å². The van der Waals surface area contributed by atoms with E-state index in [4.69, 9.17) is 0 Å². The van der Waals surface area contributed by atoms with Gasteiger partial charge in [-0.05, 0) is 6.92 Å². The minimum Gasteiger partial charge on any atom is -0.801 e. The highest BCUT2D eigenvalue weighted by Gasteiger charge is 2.17. The molecule has 1 N–H and O–H groups in total. The van der Waals surface area contributed by atoms with Crippen molar-refractivity contribution in [1.82, 2.24) is 4.73 Å². The number of pyridine rings is 2. The first-order chi connectivity index (χ1) is 7.61. The van der Waals surface area contributed by atoms with Crippen molar-refractivity contribution in [3.8, 4) is 11.6 Å². The van der Waals surface area contributed by atoms with Gasteiger partial charge in [0.2, 0.25) is 5.56 Å². The predicted molar refractivity (Wildman–Crippen MR) is 57.4 cm³/mol. The van der Waals surface area contributed by atoms with Gasteiger partial charge >= 0.3 is 0 Å². The number of aromatic nitrogens is 2. The van der Waals surface area contributed by atoms with Crippen LogP contribution in [-0.4, -0.2) is 9.84 Å². The van der Waals surface area contributed by atoms with Crippen molar-refractivity contribution in [1.29, 1.82) is 0 Å². The van der Waals surface area contributed by atoms with Crippen LogP contribution in [0.3, 0.4) is 0 Å². The largest absolute Gasteiger partial charge is 0.801 e. The third-order valence-corrected chi connectivity index (χ3v) is 2.29. The van der Waals surface area contributed by atoms with E-state index in [0.717, 1.165) is 0 Å². The molecule has 0 aliphatic carbocycles. The molecule has 0 amide bonds. The molecule has 0 unspecified atom stereocenters. The van der Waals surface area contributed by atoms with Crippen molar-refractivity contribution in [2.24, 2.45) is 0 Å². The van der Waals surface area contributed by atoms with Gasteiger partial charge in [0, 0.05) is 23.8 Å². The van der Waals surface area contributed by atoms with Crippen LogP contribution >= 0.6 is 0 Å². The third-order valence-electron chi connectivity index (χ3n) is 2.29. The van der Waals surface area contributed by atoms with Gasteiger partial charge in [0.05, 0.1) is 0 Å². The highest BCUT2D eigenvalue weighted by molar-refractivity contribution is 5.41. The average molecular weight is 218 g/mol. The van der Waals surface area contributed by atoms with Crippen molar-refractivity contribution in [2.75, 3.05) is 0 Å². The second-order valence-corrected chi connectivity index (χ2v) is 3.41. The molecule has 2 aromatic heterocycles. The Morgan fingerprint density at radius 3 is 2.56 bits per heavy atom. The van der Waals surface area contributed by atoms with Crippen molar-refractivity contribution in [3.63, 3.8) is 0 Å². The van der Waals surface area contributed by atoms with Gasteiger partial charge in [-0.2, -0.15) is 4.57 Å². The minimum atomic E-state index is -0.768. The Labute approximate surface area is 91.4 Å². The van der Waals surface area contributed by atoms with Crippen molar-refractivity contribution in [3.05, 3.63) is 57.8 Å². The minimum absolute atomic E-state index is 0.0255. The molecule has 0 aliphatic rings. The highest BCUT2D eigenvalue weighted by atomic mass is 16.5. The zero-order valence-electron chi connectivity index (χ0n) is 8.62. The predicted octanol–water partition coefficient (Wildman–Crippen LogP) is 0.485. The molecule has 5 nitrogen and oxygen atoms in total. The van der Waals surface area contributed by atoms with E-state index >= 15 is 0 Å². The molecule has 0 radical (unpaired) electrons. The summed E-state index contributed by atoms with van der Waals surface area (Å²) in [6.45, 7) is 1.66. The van der Waals surface area contributed by atoms with Crippen LogP contribution in [-0.2, 0) is 0 Å². The van der Waals surface area contributed by atoms with E-state index < -0.39 is 11.4 Å². The smallest absolute Gasteiger partial charge is 0.274 e. The van der Waals surface area contributed by atoms with Gasteiger partial charge < -0.3 is 15.0 Å². The molecule has 0 aliphatic heterocycles. The van der Waals surface area contributed by atoms with Crippen LogP contribution in [0.5, 0.6) is 5.88 Å². The standard InChI is InChI=1S/C11H10N2O3/c1-8-7-9(14)13(16)11(15)10(8)12-5-3-2-4-6-12/h2-7,15H,1H3. The van der Waals surface area contributed by atoms with E-state index in [9.17, 15) is 15.1 Å². The van der Waals surface area contributed by atoms with Gasteiger partial charge in [0.1, 0.15) is 0 Å². The van der Waals surface area contributed by atoms with Gasteiger partial charge in [0.25, 0.3) is 11.6 Å². The number of hydrogen-bond acceptors (Lipinski definition) is 3. The van der Waals surface area contributed by atoms with E-state index in [1.54, 1.807) is 36.0 Å². The number of hydrogen-bond donors (Lipinski definition) is 1. The van der Waals surface area contributed by atoms with Gasteiger partial charge in [-0.15, -0.1) is 0 Å². The second kappa shape index (κ2) is 3.69. The summed E-state index contributed by atoms with van der Waals surface area (Å²) in [5.74, 6) is -0.582. The van der Waals surface area contributed by atoms with Crippen molar-refractivity contribution < 1.29 is 9.67 Å². The Kier molecular flexibility index (Phi) is 2.36. The summed E-state index contributed by atoms with van der Waals surface area (Å²) in [5, 5.41) is 20.9. The summed E-state index contributed by atoms with van der Waals surface area (Å²) >= 11 is 0. The number of aryl methyl sites for hydroxylation is 1. The van der Waals surface area contributed by atoms with E-state index in [1.165, 1.54) is 6.07 Å². The van der Waals surface area contributed by atoms with E-state index in [-0.39, 0.29) is 4.73 Å². The Hall–Kier alpha value is -2.30. The SMILES string of the molecule is Cc1cc(=O)n([O-])c(O)c1-[n+]1ccccc1. The first-order valence-electron chi connectivity index (χ1n) is 4.71. The summed E-state index contributed by atoms with van der Waals surface area (Å²) in [4.78, 5) is 11.1. The lowest BCUT2D eigenvalue weighted by molar-refractivity contribution is -0.597. The Bertz CT molecular complexity index is 576. The molecule has 16 heavy (non-hydrogen) atoms. The molecule has 0 saturated heterocycles. The lowest BCUT2D eigenvalue weighted by Crippen LogP contribution is -2.33. The van der Waals surface area contributed by atoms with Crippen LogP contribution in [0.1, 0.15) is 5.56 Å². The molecular formula is C11H10N2O3. The summed E-state index contributed by atoms with van der Waals surface area (Å²) in [5.41, 5.74) is 0.0938.